The van der Waals surface area contributed by atoms with Crippen molar-refractivity contribution in [3.63, 3.8) is 0 Å². The molecule has 0 fully saturated rings. The summed E-state index contributed by atoms with van der Waals surface area (Å²) in [6, 6.07) is 8.73. The number of allylic oxidation sites excluding steroid dienone is 5. The predicted octanol–water partition coefficient (Wildman–Crippen LogP) is 6.59. The minimum atomic E-state index is -0.348. The van der Waals surface area contributed by atoms with Gasteiger partial charge in [0.25, 0.3) is 0 Å². The van der Waals surface area contributed by atoms with Crippen molar-refractivity contribution in [3.8, 4) is 5.75 Å². The summed E-state index contributed by atoms with van der Waals surface area (Å²) >= 11 is 0. The van der Waals surface area contributed by atoms with Crippen LogP contribution in [0.25, 0.3) is 11.0 Å². The van der Waals surface area contributed by atoms with Gasteiger partial charge in [-0.1, -0.05) is 28.9 Å². The number of fused-ring (bicyclic) bond motifs is 1. The average Bonchev–Trinajstić information content (AvgIpc) is 2.61. The molecule has 0 bridgehead atoms. The summed E-state index contributed by atoms with van der Waals surface area (Å²) in [5.74, 6) is 0.705. The summed E-state index contributed by atoms with van der Waals surface area (Å²) in [5.41, 5.74) is 4.36. The second-order valence-corrected chi connectivity index (χ2v) is 7.22. The zero-order valence-corrected chi connectivity index (χ0v) is 16.9. The molecular weight excluding hydrogens is 336 g/mol. The van der Waals surface area contributed by atoms with E-state index in [-0.39, 0.29) is 5.63 Å². The standard InChI is InChI=1S/C24H30O3/c1-18(2)7-5-8-19(3)9-6-10-20(4)15-16-26-22-13-11-21-12-14-24(25)27-23(21)17-22/h7,9,11-15,17H,5-6,8,10,16H2,1-4H3/b19-9?,20-15+. The van der Waals surface area contributed by atoms with Gasteiger partial charge in [0.1, 0.15) is 17.9 Å². The van der Waals surface area contributed by atoms with Crippen LogP contribution in [0.1, 0.15) is 53.4 Å². The topological polar surface area (TPSA) is 39.4 Å². The fraction of sp³-hybridized carbons (Fsp3) is 0.375. The highest BCUT2D eigenvalue weighted by atomic mass is 16.5. The Bertz CT molecular complexity index is 893. The Kier molecular flexibility index (Phi) is 8.12. The van der Waals surface area contributed by atoms with E-state index < -0.39 is 0 Å². The molecule has 0 radical (unpaired) electrons. The fourth-order valence-corrected chi connectivity index (χ4v) is 2.75. The Morgan fingerprint density at radius 3 is 2.33 bits per heavy atom. The first-order valence-electron chi connectivity index (χ1n) is 9.55. The Hall–Kier alpha value is -2.55. The molecule has 1 aromatic carbocycles. The second-order valence-electron chi connectivity index (χ2n) is 7.22. The molecule has 0 unspecified atom stereocenters. The van der Waals surface area contributed by atoms with Crippen molar-refractivity contribution in [2.24, 2.45) is 0 Å². The molecule has 0 saturated heterocycles. The smallest absolute Gasteiger partial charge is 0.336 e. The van der Waals surface area contributed by atoms with Crippen LogP contribution >= 0.6 is 0 Å². The van der Waals surface area contributed by atoms with E-state index in [1.165, 1.54) is 22.8 Å². The van der Waals surface area contributed by atoms with Crippen LogP contribution in [-0.4, -0.2) is 6.61 Å². The van der Waals surface area contributed by atoms with Crippen molar-refractivity contribution in [1.29, 1.82) is 0 Å². The number of ether oxygens (including phenoxy) is 1. The van der Waals surface area contributed by atoms with E-state index in [0.717, 1.165) is 31.1 Å². The van der Waals surface area contributed by atoms with Crippen molar-refractivity contribution in [1.82, 2.24) is 0 Å². The van der Waals surface area contributed by atoms with E-state index in [9.17, 15) is 4.79 Å². The molecule has 1 aromatic heterocycles. The maximum Gasteiger partial charge on any atom is 0.336 e. The molecule has 2 rings (SSSR count). The Balaban J connectivity index is 1.78. The highest BCUT2D eigenvalue weighted by molar-refractivity contribution is 5.77. The van der Waals surface area contributed by atoms with Crippen molar-refractivity contribution in [3.05, 3.63) is 75.7 Å². The molecule has 0 aliphatic rings. The van der Waals surface area contributed by atoms with E-state index in [1.54, 1.807) is 12.1 Å². The van der Waals surface area contributed by atoms with Crippen LogP contribution in [0, 0.1) is 0 Å². The molecule has 2 aromatic rings. The lowest BCUT2D eigenvalue weighted by atomic mass is 10.1. The lowest BCUT2D eigenvalue weighted by Crippen LogP contribution is -1.97. The van der Waals surface area contributed by atoms with E-state index in [4.69, 9.17) is 9.15 Å². The first-order chi connectivity index (χ1) is 12.9. The lowest BCUT2D eigenvalue weighted by Gasteiger charge is -2.05. The summed E-state index contributed by atoms with van der Waals surface area (Å²) in [7, 11) is 0. The molecule has 0 aliphatic heterocycles. The molecule has 0 aliphatic carbocycles. The largest absolute Gasteiger partial charge is 0.489 e. The summed E-state index contributed by atoms with van der Waals surface area (Å²) in [6.45, 7) is 9.14. The first-order valence-corrected chi connectivity index (χ1v) is 9.55. The molecule has 144 valence electrons. The molecule has 0 spiro atoms. The lowest BCUT2D eigenvalue weighted by molar-refractivity contribution is 0.361. The molecule has 0 saturated carbocycles. The Morgan fingerprint density at radius 1 is 0.926 bits per heavy atom. The molecule has 1 heterocycles. The summed E-state index contributed by atoms with van der Waals surface area (Å²) in [5, 5.41) is 0.889. The highest BCUT2D eigenvalue weighted by Gasteiger charge is 2.00. The number of rotatable bonds is 9. The Labute approximate surface area is 162 Å². The summed E-state index contributed by atoms with van der Waals surface area (Å²) in [4.78, 5) is 11.3. The molecule has 0 N–H and O–H groups in total. The molecule has 3 nitrogen and oxygen atoms in total. The summed E-state index contributed by atoms with van der Waals surface area (Å²) < 4.78 is 11.0. The average molecular weight is 367 g/mol. The van der Waals surface area contributed by atoms with E-state index in [1.807, 2.05) is 12.1 Å². The van der Waals surface area contributed by atoms with Crippen molar-refractivity contribution >= 4 is 11.0 Å². The molecule has 0 amide bonds. The molecule has 3 heteroatoms. The second kappa shape index (κ2) is 10.6. The SMILES string of the molecule is CC(C)=CCCC(C)=CCC/C(C)=C/COc1ccc2ccc(=O)oc2c1. The molecule has 0 atom stereocenters. The number of benzene rings is 1. The van der Waals surface area contributed by atoms with Crippen LogP contribution in [0.4, 0.5) is 0 Å². The zero-order valence-electron chi connectivity index (χ0n) is 16.9. The van der Waals surface area contributed by atoms with Gasteiger partial charge < -0.3 is 9.15 Å². The van der Waals surface area contributed by atoms with Crippen molar-refractivity contribution in [2.45, 2.75) is 53.4 Å². The van der Waals surface area contributed by atoms with Gasteiger partial charge in [-0.15, -0.1) is 0 Å². The van der Waals surface area contributed by atoms with Crippen LogP contribution in [0.2, 0.25) is 0 Å². The highest BCUT2D eigenvalue weighted by Crippen LogP contribution is 2.19. The zero-order chi connectivity index (χ0) is 19.6. The number of hydrogen-bond donors (Lipinski definition) is 0. The monoisotopic (exact) mass is 366 g/mol. The minimum absolute atomic E-state index is 0.348. The van der Waals surface area contributed by atoms with Crippen LogP contribution in [-0.2, 0) is 0 Å². The third kappa shape index (κ3) is 7.69. The maximum absolute atomic E-state index is 11.3. The van der Waals surface area contributed by atoms with Crippen LogP contribution in [0.15, 0.2) is 74.5 Å². The molecular formula is C24H30O3. The fourth-order valence-electron chi connectivity index (χ4n) is 2.75. The number of hydrogen-bond acceptors (Lipinski definition) is 3. The van der Waals surface area contributed by atoms with Gasteiger partial charge in [-0.25, -0.2) is 4.79 Å². The minimum Gasteiger partial charge on any atom is -0.489 e. The summed E-state index contributed by atoms with van der Waals surface area (Å²) in [6.07, 6.45) is 11.1. The Morgan fingerprint density at radius 2 is 1.59 bits per heavy atom. The third-order valence-corrected chi connectivity index (χ3v) is 4.40. The van der Waals surface area contributed by atoms with Crippen LogP contribution in [0.5, 0.6) is 5.75 Å². The van der Waals surface area contributed by atoms with E-state index >= 15 is 0 Å². The van der Waals surface area contributed by atoms with E-state index in [0.29, 0.717) is 17.9 Å². The van der Waals surface area contributed by atoms with Gasteiger partial charge in [0, 0.05) is 17.5 Å². The van der Waals surface area contributed by atoms with Gasteiger partial charge in [-0.2, -0.15) is 0 Å². The van der Waals surface area contributed by atoms with Crippen molar-refractivity contribution < 1.29 is 9.15 Å². The first kappa shape index (κ1) is 20.8. The maximum atomic E-state index is 11.3. The predicted molar refractivity (Wildman–Crippen MR) is 113 cm³/mol. The van der Waals surface area contributed by atoms with Gasteiger partial charge in [0.2, 0.25) is 0 Å². The van der Waals surface area contributed by atoms with Gasteiger partial charge in [0.05, 0.1) is 0 Å². The van der Waals surface area contributed by atoms with Gasteiger partial charge in [-0.3, -0.25) is 0 Å². The van der Waals surface area contributed by atoms with E-state index in [2.05, 4.69) is 45.9 Å². The molecule has 27 heavy (non-hydrogen) atoms. The van der Waals surface area contributed by atoms with Crippen molar-refractivity contribution in [2.75, 3.05) is 6.61 Å². The van der Waals surface area contributed by atoms with Crippen LogP contribution in [0.3, 0.4) is 0 Å². The van der Waals surface area contributed by atoms with Gasteiger partial charge in [-0.05, 0) is 77.7 Å². The van der Waals surface area contributed by atoms with Gasteiger partial charge in [0.15, 0.2) is 0 Å². The normalized spacial score (nSPS) is 12.3. The van der Waals surface area contributed by atoms with Crippen LogP contribution < -0.4 is 10.4 Å². The van der Waals surface area contributed by atoms with Gasteiger partial charge >= 0.3 is 5.63 Å². The third-order valence-electron chi connectivity index (χ3n) is 4.40. The quantitative estimate of drug-likeness (QED) is 0.371.